The molecule has 7 heterocycles. The number of pyridine rings is 2. The highest BCUT2D eigenvalue weighted by atomic mass is 79.9. The standard InChI is InChI=1S/C28H26ClFN4O4.C23H27BClN3O4.C11H11BrFNO2/c29-23-6-5-20(21-4-3-18(13-24(21)30)28(36)34-9-11-37-12-10-34)22-14-19(38-27(22)23)16-33-26(35)8-2-17-1-7-25(31)32-15-17;1-22(2)23(3,4)32-24(31-22)17-7-8-18(25)21-16(17)11-15(30-21)13-28-20(29)10-6-14-5-9-19(26)27-12-14;12-9-2-1-8(7-10(9)13)11(15)14-3-5-16-6-4-14/h1-8,13,15,19H,9-12,14,16H2,(H2,31,32)(H,33,35);5-10,12,15H,11,13H2,1-4H3,(H2,26,27)(H,28,29);1-2,7H,3-6H2/b8-2+;10-6+;. The van der Waals surface area contributed by atoms with Crippen LogP contribution in [0.15, 0.2) is 114 Å². The maximum Gasteiger partial charge on any atom is 0.495 e. The van der Waals surface area contributed by atoms with Crippen LogP contribution in [0.1, 0.15) is 70.7 Å². The second-order valence-electron chi connectivity index (χ2n) is 21.6. The largest absolute Gasteiger partial charge is 0.495 e. The molecule has 18 nitrogen and oxygen atoms in total. The second-order valence-corrected chi connectivity index (χ2v) is 23.3. The van der Waals surface area contributed by atoms with Crippen LogP contribution in [-0.2, 0) is 41.2 Å². The molecule has 5 aliphatic heterocycles. The number of aromatic nitrogens is 2. The zero-order valence-electron chi connectivity index (χ0n) is 47.7. The van der Waals surface area contributed by atoms with Gasteiger partial charge < -0.3 is 60.2 Å². The Bertz CT molecular complexity index is 3520. The second kappa shape index (κ2) is 27.9. The first-order chi connectivity index (χ1) is 41.1. The first-order valence-electron chi connectivity index (χ1n) is 27.8. The number of hydrogen-bond donors (Lipinski definition) is 4. The summed E-state index contributed by atoms with van der Waals surface area (Å²) in [7, 11) is -0.501. The molecule has 5 aliphatic rings. The zero-order chi connectivity index (χ0) is 61.3. The zero-order valence-corrected chi connectivity index (χ0v) is 50.8. The van der Waals surface area contributed by atoms with Crippen LogP contribution in [0.3, 0.4) is 0 Å². The van der Waals surface area contributed by atoms with Gasteiger partial charge in [0.05, 0.1) is 65.2 Å². The molecule has 11 rings (SSSR count). The number of ether oxygens (including phenoxy) is 4. The molecule has 0 spiro atoms. The summed E-state index contributed by atoms with van der Waals surface area (Å²) in [4.78, 5) is 60.6. The minimum Gasteiger partial charge on any atom is -0.486 e. The number of hydrogen-bond acceptors (Lipinski definition) is 14. The maximum atomic E-state index is 15.3. The van der Waals surface area contributed by atoms with Crippen LogP contribution in [0.5, 0.6) is 11.5 Å². The Morgan fingerprint density at radius 1 is 0.640 bits per heavy atom. The molecule has 450 valence electrons. The molecule has 2 atom stereocenters. The highest BCUT2D eigenvalue weighted by molar-refractivity contribution is 9.10. The van der Waals surface area contributed by atoms with E-state index < -0.39 is 30.0 Å². The number of carbonyl (C=O) groups is 4. The number of benzene rings is 4. The van der Waals surface area contributed by atoms with Crippen molar-refractivity contribution in [1.82, 2.24) is 30.4 Å². The number of nitrogens with zero attached hydrogens (tertiary/aromatic N) is 4. The minimum atomic E-state index is -0.507. The lowest BCUT2D eigenvalue weighted by Gasteiger charge is -2.32. The molecule has 2 aromatic heterocycles. The molecule has 0 bridgehead atoms. The number of halogens is 5. The summed E-state index contributed by atoms with van der Waals surface area (Å²) in [6.45, 7) is 12.8. The van der Waals surface area contributed by atoms with E-state index in [0.29, 0.717) is 132 Å². The molecular formula is C62H64BBrCl2F2N8O10. The van der Waals surface area contributed by atoms with Gasteiger partial charge in [0.1, 0.15) is 47.0 Å². The lowest BCUT2D eigenvalue weighted by Crippen LogP contribution is -2.41. The predicted octanol–water partition coefficient (Wildman–Crippen LogP) is 8.54. The molecule has 4 aromatic carbocycles. The van der Waals surface area contributed by atoms with Crippen molar-refractivity contribution in [2.45, 2.75) is 63.9 Å². The molecule has 0 aliphatic carbocycles. The van der Waals surface area contributed by atoms with E-state index in [9.17, 15) is 23.6 Å². The first-order valence-corrected chi connectivity index (χ1v) is 29.3. The van der Waals surface area contributed by atoms with E-state index in [0.717, 1.165) is 27.7 Å². The van der Waals surface area contributed by atoms with Crippen LogP contribution >= 0.6 is 39.1 Å². The van der Waals surface area contributed by atoms with Crippen molar-refractivity contribution in [3.05, 3.63) is 169 Å². The lowest BCUT2D eigenvalue weighted by molar-refractivity contribution is -0.117. The smallest absolute Gasteiger partial charge is 0.486 e. The van der Waals surface area contributed by atoms with Crippen LogP contribution in [0.2, 0.25) is 10.0 Å². The molecule has 2 unspecified atom stereocenters. The molecule has 0 radical (unpaired) electrons. The Kier molecular flexibility index (Phi) is 20.5. The highest BCUT2D eigenvalue weighted by Crippen LogP contribution is 2.43. The van der Waals surface area contributed by atoms with Crippen molar-refractivity contribution in [2.75, 3.05) is 77.2 Å². The van der Waals surface area contributed by atoms with Gasteiger partial charge in [-0.25, -0.2) is 18.7 Å². The third-order valence-corrected chi connectivity index (χ3v) is 16.4. The maximum absolute atomic E-state index is 15.3. The number of nitrogens with two attached hydrogens (primary N) is 2. The Morgan fingerprint density at radius 3 is 1.57 bits per heavy atom. The van der Waals surface area contributed by atoms with Crippen molar-refractivity contribution < 1.29 is 56.2 Å². The van der Waals surface area contributed by atoms with E-state index in [1.807, 2.05) is 33.8 Å². The Morgan fingerprint density at radius 2 is 1.09 bits per heavy atom. The summed E-state index contributed by atoms with van der Waals surface area (Å²) in [6, 6.07) is 22.9. The first kappa shape index (κ1) is 63.1. The van der Waals surface area contributed by atoms with Gasteiger partial charge in [-0.3, -0.25) is 19.2 Å². The topological polar surface area (TPSA) is 232 Å². The van der Waals surface area contributed by atoms with Gasteiger partial charge in [0, 0.05) is 85.8 Å². The van der Waals surface area contributed by atoms with Crippen molar-refractivity contribution >= 4 is 99.1 Å². The van der Waals surface area contributed by atoms with E-state index >= 15 is 4.39 Å². The third-order valence-electron chi connectivity index (χ3n) is 15.2. The number of rotatable bonds is 12. The van der Waals surface area contributed by atoms with E-state index in [1.165, 1.54) is 24.3 Å². The highest BCUT2D eigenvalue weighted by Gasteiger charge is 2.53. The van der Waals surface area contributed by atoms with Gasteiger partial charge in [0.15, 0.2) is 0 Å². The van der Waals surface area contributed by atoms with Gasteiger partial charge >= 0.3 is 7.12 Å². The van der Waals surface area contributed by atoms with Gasteiger partial charge in [-0.2, -0.15) is 0 Å². The summed E-state index contributed by atoms with van der Waals surface area (Å²) in [5, 5.41) is 6.63. The number of anilines is 2. The van der Waals surface area contributed by atoms with Gasteiger partial charge in [-0.1, -0.05) is 41.4 Å². The van der Waals surface area contributed by atoms with Crippen molar-refractivity contribution in [3.63, 3.8) is 0 Å². The minimum absolute atomic E-state index is 0.144. The fraction of sp³-hybridized carbons (Fsp3) is 0.323. The lowest BCUT2D eigenvalue weighted by atomic mass is 9.75. The molecule has 6 aromatic rings. The molecule has 6 N–H and O–H groups in total. The molecule has 24 heteroatoms. The van der Waals surface area contributed by atoms with Gasteiger partial charge in [0.2, 0.25) is 11.8 Å². The number of nitrogen functional groups attached to an aromatic ring is 2. The summed E-state index contributed by atoms with van der Waals surface area (Å²) in [6.07, 6.45) is 9.79. The van der Waals surface area contributed by atoms with Crippen molar-refractivity contribution in [3.8, 4) is 22.6 Å². The van der Waals surface area contributed by atoms with Gasteiger partial charge in [-0.15, -0.1) is 0 Å². The average molecular weight is 1280 g/mol. The summed E-state index contributed by atoms with van der Waals surface area (Å²) >= 11 is 15.8. The van der Waals surface area contributed by atoms with E-state index in [-0.39, 0.29) is 42.4 Å². The molecule has 86 heavy (non-hydrogen) atoms. The molecular weight excluding hydrogens is 1220 g/mol. The summed E-state index contributed by atoms with van der Waals surface area (Å²) in [5.74, 6) is 0.129. The quantitative estimate of drug-likeness (QED) is 0.0665. The predicted molar refractivity (Wildman–Crippen MR) is 329 cm³/mol. The van der Waals surface area contributed by atoms with Crippen LogP contribution in [0, 0.1) is 11.6 Å². The Labute approximate surface area is 515 Å². The van der Waals surface area contributed by atoms with Gasteiger partial charge in [0.25, 0.3) is 11.8 Å². The average Bonchev–Trinajstić information content (AvgIpc) is 2.08. The van der Waals surface area contributed by atoms with Crippen LogP contribution in [0.4, 0.5) is 20.4 Å². The number of nitrogens with one attached hydrogen (secondary N) is 2. The SMILES string of the molecule is CC1(C)OB(c2ccc(Cl)c3c2CC(CNC(=O)/C=C/c2ccc(N)nc2)O3)OC1(C)C.Nc1ccc(/C=C/C(=O)NCC2Cc3c(-c4ccc(C(=O)N5CCOCC5)cc4F)ccc(Cl)c3O2)cn1.O=C(c1ccc(Br)c(F)c1)N1CCOCC1. The van der Waals surface area contributed by atoms with Crippen LogP contribution in [-0.4, -0.2) is 140 Å². The Hall–Kier alpha value is -7.44. The van der Waals surface area contributed by atoms with E-state index in [2.05, 4.69) is 36.5 Å². The van der Waals surface area contributed by atoms with E-state index in [1.54, 1.807) is 101 Å². The molecule has 0 saturated carbocycles. The fourth-order valence-corrected chi connectivity index (χ4v) is 10.4. The number of amides is 4. The monoisotopic (exact) mass is 1280 g/mol. The van der Waals surface area contributed by atoms with Crippen molar-refractivity contribution in [1.29, 1.82) is 0 Å². The third kappa shape index (κ3) is 15.6. The number of carbonyl (C=O) groups excluding carboxylic acids is 4. The summed E-state index contributed by atoms with van der Waals surface area (Å²) < 4.78 is 63.9. The van der Waals surface area contributed by atoms with Gasteiger partial charge in [-0.05, 0) is 150 Å². The van der Waals surface area contributed by atoms with Crippen molar-refractivity contribution in [2.24, 2.45) is 0 Å². The number of fused-ring (bicyclic) bond motifs is 2. The normalized spacial score (nSPS) is 18.2. The summed E-state index contributed by atoms with van der Waals surface area (Å²) in [5.41, 5.74) is 16.1. The van der Waals surface area contributed by atoms with Crippen LogP contribution in [0.25, 0.3) is 23.3 Å². The van der Waals surface area contributed by atoms with E-state index in [4.69, 9.17) is 62.9 Å². The molecule has 4 amide bonds. The molecule has 3 fully saturated rings. The molecule has 3 saturated heterocycles. The Balaban J connectivity index is 0.000000166. The fourth-order valence-electron chi connectivity index (χ4n) is 9.74. The van der Waals surface area contributed by atoms with Crippen LogP contribution < -0.4 is 37.0 Å². The number of morpholine rings is 2.